The molecular weight excluding hydrogens is 366 g/mol. The van der Waals surface area contributed by atoms with Crippen molar-refractivity contribution in [3.63, 3.8) is 0 Å². The fraction of sp³-hybridized carbons (Fsp3) is 0.417. The molecule has 1 aromatic carbocycles. The zero-order valence-corrected chi connectivity index (χ0v) is 13.2. The number of aliphatic hydroxyl groups excluding tert-OH is 1. The lowest BCUT2D eigenvalue weighted by Gasteiger charge is -2.11. The van der Waals surface area contributed by atoms with Crippen LogP contribution in [0.5, 0.6) is 5.75 Å². The average molecular weight is 381 g/mol. The van der Waals surface area contributed by atoms with Crippen LogP contribution in [0, 0.1) is 0 Å². The average Bonchev–Trinajstić information content (AvgIpc) is 2.36. The number of halogens is 2. The number of hydrogen-bond acceptors (Lipinski definition) is 3. The Hall–Kier alpha value is -0.590. The van der Waals surface area contributed by atoms with Crippen LogP contribution in [0.25, 0.3) is 0 Å². The van der Waals surface area contributed by atoms with E-state index in [9.17, 15) is 4.79 Å². The first-order chi connectivity index (χ1) is 8.58. The van der Waals surface area contributed by atoms with Gasteiger partial charge in [0.2, 0.25) is 5.91 Å². The van der Waals surface area contributed by atoms with Crippen molar-refractivity contribution in [3.8, 4) is 5.75 Å². The van der Waals surface area contributed by atoms with Gasteiger partial charge in [-0.05, 0) is 56.0 Å². The molecule has 1 aromatic rings. The highest BCUT2D eigenvalue weighted by atomic mass is 79.9. The lowest BCUT2D eigenvalue weighted by atomic mass is 10.2. The third-order valence-electron chi connectivity index (χ3n) is 2.31. The molecule has 0 aliphatic rings. The number of hydrogen-bond donors (Lipinski definition) is 2. The van der Waals surface area contributed by atoms with Crippen LogP contribution in [0.2, 0.25) is 0 Å². The number of benzene rings is 1. The van der Waals surface area contributed by atoms with Crippen molar-refractivity contribution >= 4 is 37.8 Å². The fourth-order valence-electron chi connectivity index (χ4n) is 1.37. The zero-order valence-electron chi connectivity index (χ0n) is 10.0. The molecule has 1 amide bonds. The molecule has 0 aliphatic heterocycles. The predicted octanol–water partition coefficient (Wildman–Crippen LogP) is 2.61. The minimum Gasteiger partial charge on any atom is -0.491 e. The molecule has 1 rings (SSSR count). The van der Waals surface area contributed by atoms with Crippen LogP contribution >= 0.6 is 31.9 Å². The molecule has 0 saturated heterocycles. The van der Waals surface area contributed by atoms with Crippen molar-refractivity contribution in [2.45, 2.75) is 19.4 Å². The molecule has 100 valence electrons. The first-order valence-corrected chi connectivity index (χ1v) is 7.09. The van der Waals surface area contributed by atoms with E-state index in [0.717, 1.165) is 14.5 Å². The fourth-order valence-corrected chi connectivity index (χ4v) is 2.88. The normalized spacial score (nSPS) is 10.2. The lowest BCUT2D eigenvalue weighted by molar-refractivity contribution is -0.120. The molecule has 4 nitrogen and oxygen atoms in total. The molecule has 0 saturated carbocycles. The van der Waals surface area contributed by atoms with E-state index >= 15 is 0 Å². The molecule has 0 heterocycles. The van der Waals surface area contributed by atoms with Gasteiger partial charge in [0, 0.05) is 13.5 Å². The van der Waals surface area contributed by atoms with Crippen LogP contribution in [0.3, 0.4) is 0 Å². The number of amides is 1. The maximum Gasteiger partial charge on any atom is 0.219 e. The van der Waals surface area contributed by atoms with E-state index in [2.05, 4.69) is 37.2 Å². The van der Waals surface area contributed by atoms with Crippen LogP contribution in [0.4, 0.5) is 0 Å². The molecule has 6 heteroatoms. The van der Waals surface area contributed by atoms with Gasteiger partial charge in [-0.2, -0.15) is 0 Å². The smallest absolute Gasteiger partial charge is 0.219 e. The molecule has 0 fully saturated rings. The van der Waals surface area contributed by atoms with E-state index < -0.39 is 0 Å². The summed E-state index contributed by atoms with van der Waals surface area (Å²) in [6, 6.07) is 3.61. The summed E-state index contributed by atoms with van der Waals surface area (Å²) in [5, 5.41) is 11.6. The first-order valence-electron chi connectivity index (χ1n) is 5.50. The van der Waals surface area contributed by atoms with Gasteiger partial charge in [0.05, 0.1) is 22.2 Å². The van der Waals surface area contributed by atoms with Crippen LogP contribution in [0.15, 0.2) is 21.1 Å². The Kier molecular flexibility index (Phi) is 6.67. The molecule has 0 spiro atoms. The number of carbonyl (C=O) groups is 1. The number of carbonyl (C=O) groups excluding carboxylic acids is 1. The molecule has 0 aromatic heterocycles. The monoisotopic (exact) mass is 379 g/mol. The minimum absolute atomic E-state index is 0.00681. The molecule has 0 radical (unpaired) electrons. The van der Waals surface area contributed by atoms with Gasteiger partial charge in [-0.3, -0.25) is 4.79 Å². The largest absolute Gasteiger partial charge is 0.491 e. The van der Waals surface area contributed by atoms with Gasteiger partial charge in [-0.15, -0.1) is 0 Å². The zero-order chi connectivity index (χ0) is 13.5. The molecule has 2 N–H and O–H groups in total. The van der Waals surface area contributed by atoms with Gasteiger partial charge in [-0.1, -0.05) is 0 Å². The highest BCUT2D eigenvalue weighted by molar-refractivity contribution is 9.11. The summed E-state index contributed by atoms with van der Waals surface area (Å²) in [5.74, 6) is 0.691. The van der Waals surface area contributed by atoms with Gasteiger partial charge >= 0.3 is 0 Å². The van der Waals surface area contributed by atoms with Crippen LogP contribution in [-0.4, -0.2) is 24.7 Å². The summed E-state index contributed by atoms with van der Waals surface area (Å²) in [4.78, 5) is 11.0. The Labute approximate surface area is 123 Å². The highest BCUT2D eigenvalue weighted by Gasteiger charge is 2.09. The van der Waals surface area contributed by atoms with E-state index in [4.69, 9.17) is 9.84 Å². The van der Waals surface area contributed by atoms with Crippen molar-refractivity contribution in [3.05, 3.63) is 26.6 Å². The second-order valence-electron chi connectivity index (χ2n) is 3.67. The maximum absolute atomic E-state index is 11.0. The number of rotatable bonds is 6. The Morgan fingerprint density at radius 2 is 2.00 bits per heavy atom. The SMILES string of the molecule is CNC(=O)CCCOc1c(Br)cc(CO)cc1Br. The Bertz CT molecular complexity index is 401. The molecule has 0 unspecified atom stereocenters. The lowest BCUT2D eigenvalue weighted by Crippen LogP contribution is -2.18. The van der Waals surface area contributed by atoms with Crippen molar-refractivity contribution in [1.29, 1.82) is 0 Å². The van der Waals surface area contributed by atoms with Crippen LogP contribution < -0.4 is 10.1 Å². The van der Waals surface area contributed by atoms with Crippen molar-refractivity contribution in [1.82, 2.24) is 5.32 Å². The van der Waals surface area contributed by atoms with E-state index in [-0.39, 0.29) is 12.5 Å². The van der Waals surface area contributed by atoms with Gasteiger partial charge in [-0.25, -0.2) is 0 Å². The number of ether oxygens (including phenoxy) is 1. The predicted molar refractivity (Wildman–Crippen MR) is 76.6 cm³/mol. The summed E-state index contributed by atoms with van der Waals surface area (Å²) in [5.41, 5.74) is 0.798. The molecular formula is C12H15Br2NO3. The maximum atomic E-state index is 11.0. The topological polar surface area (TPSA) is 58.6 Å². The summed E-state index contributed by atoms with van der Waals surface area (Å²) in [6.45, 7) is 0.442. The van der Waals surface area contributed by atoms with Crippen molar-refractivity contribution in [2.24, 2.45) is 0 Å². The highest BCUT2D eigenvalue weighted by Crippen LogP contribution is 2.34. The van der Waals surface area contributed by atoms with Crippen molar-refractivity contribution in [2.75, 3.05) is 13.7 Å². The molecule has 0 bridgehead atoms. The first kappa shape index (κ1) is 15.5. The third kappa shape index (κ3) is 4.59. The van der Waals surface area contributed by atoms with Gasteiger partial charge < -0.3 is 15.2 Å². The molecule has 18 heavy (non-hydrogen) atoms. The summed E-state index contributed by atoms with van der Waals surface area (Å²) in [6.07, 6.45) is 1.10. The van der Waals surface area contributed by atoms with Crippen LogP contribution in [0.1, 0.15) is 18.4 Å². The Morgan fingerprint density at radius 3 is 2.50 bits per heavy atom. The van der Waals surface area contributed by atoms with Crippen molar-refractivity contribution < 1.29 is 14.6 Å². The quantitative estimate of drug-likeness (QED) is 0.746. The third-order valence-corrected chi connectivity index (χ3v) is 3.49. The Balaban J connectivity index is 2.54. The number of nitrogens with one attached hydrogen (secondary N) is 1. The van der Waals surface area contributed by atoms with E-state index in [1.54, 1.807) is 19.2 Å². The molecule has 0 aliphatic carbocycles. The summed E-state index contributed by atoms with van der Waals surface area (Å²) < 4.78 is 7.16. The minimum atomic E-state index is -0.0197. The van der Waals surface area contributed by atoms with E-state index in [0.29, 0.717) is 25.2 Å². The second-order valence-corrected chi connectivity index (χ2v) is 5.38. The Morgan fingerprint density at radius 1 is 1.39 bits per heavy atom. The molecule has 0 atom stereocenters. The van der Waals surface area contributed by atoms with Gasteiger partial charge in [0.15, 0.2) is 0 Å². The van der Waals surface area contributed by atoms with Crippen LogP contribution in [-0.2, 0) is 11.4 Å². The summed E-state index contributed by atoms with van der Waals surface area (Å²) in [7, 11) is 1.62. The number of aliphatic hydroxyl groups is 1. The van der Waals surface area contributed by atoms with Gasteiger partial charge in [0.1, 0.15) is 5.75 Å². The van der Waals surface area contributed by atoms with E-state index in [1.807, 2.05) is 0 Å². The van der Waals surface area contributed by atoms with Gasteiger partial charge in [0.25, 0.3) is 0 Å². The standard InChI is InChI=1S/C12H15Br2NO3/c1-15-11(17)3-2-4-18-12-9(13)5-8(7-16)6-10(12)14/h5-6,16H,2-4,7H2,1H3,(H,15,17). The second kappa shape index (κ2) is 7.76. The van der Waals surface area contributed by atoms with E-state index in [1.165, 1.54) is 0 Å². The summed E-state index contributed by atoms with van der Waals surface area (Å²) >= 11 is 6.78.